The lowest BCUT2D eigenvalue weighted by molar-refractivity contribution is 0.184. The molecule has 1 aliphatic rings. The number of amides is 2. The second kappa shape index (κ2) is 7.19. The average Bonchev–Trinajstić information content (AvgIpc) is 3.05. The first-order valence-corrected chi connectivity index (χ1v) is 9.69. The van der Waals surface area contributed by atoms with Gasteiger partial charge in [0, 0.05) is 36.3 Å². The van der Waals surface area contributed by atoms with Crippen LogP contribution in [0.1, 0.15) is 12.5 Å². The van der Waals surface area contributed by atoms with Crippen LogP contribution in [0.5, 0.6) is 0 Å². The molecule has 3 aromatic rings. The minimum absolute atomic E-state index is 0.0606. The zero-order valence-electron chi connectivity index (χ0n) is 15.2. The molecular formula is C19H21BrN6O. The molecule has 0 unspecified atom stereocenters. The Morgan fingerprint density at radius 1 is 1.30 bits per heavy atom. The first kappa shape index (κ1) is 17.8. The van der Waals surface area contributed by atoms with E-state index in [1.54, 1.807) is 6.33 Å². The Hall–Kier alpha value is -2.61. The van der Waals surface area contributed by atoms with Gasteiger partial charge in [-0.1, -0.05) is 12.1 Å². The van der Waals surface area contributed by atoms with E-state index in [0.717, 1.165) is 45.7 Å². The quantitative estimate of drug-likeness (QED) is 0.650. The number of rotatable bonds is 2. The first-order valence-electron chi connectivity index (χ1n) is 8.90. The van der Waals surface area contributed by atoms with Crippen LogP contribution in [-0.4, -0.2) is 51.6 Å². The number of para-hydroxylation sites is 1. The number of hydrogen-bond donors (Lipinski definition) is 2. The van der Waals surface area contributed by atoms with Gasteiger partial charge in [-0.3, -0.25) is 0 Å². The SMILES string of the molecule is Cc1c[nH]c2ncnc(N3CCN(C(=O)Nc4ccccc4Br)[C@@H](C)C3)c12. The summed E-state index contributed by atoms with van der Waals surface area (Å²) in [5, 5.41) is 4.04. The van der Waals surface area contributed by atoms with Gasteiger partial charge >= 0.3 is 6.03 Å². The maximum atomic E-state index is 12.7. The molecule has 0 aliphatic carbocycles. The monoisotopic (exact) mass is 428 g/mol. The number of hydrogen-bond acceptors (Lipinski definition) is 4. The van der Waals surface area contributed by atoms with E-state index < -0.39 is 0 Å². The van der Waals surface area contributed by atoms with Crippen LogP contribution in [0.4, 0.5) is 16.3 Å². The number of piperazine rings is 1. The van der Waals surface area contributed by atoms with Gasteiger partial charge in [-0.25, -0.2) is 14.8 Å². The van der Waals surface area contributed by atoms with E-state index in [4.69, 9.17) is 0 Å². The lowest BCUT2D eigenvalue weighted by atomic mass is 10.1. The summed E-state index contributed by atoms with van der Waals surface area (Å²) in [6.07, 6.45) is 3.54. The van der Waals surface area contributed by atoms with Gasteiger partial charge in [-0.15, -0.1) is 0 Å². The van der Waals surface area contributed by atoms with Crippen LogP contribution < -0.4 is 10.2 Å². The highest BCUT2D eigenvalue weighted by Crippen LogP contribution is 2.28. The zero-order valence-corrected chi connectivity index (χ0v) is 16.8. The minimum atomic E-state index is -0.0836. The van der Waals surface area contributed by atoms with Gasteiger partial charge in [-0.2, -0.15) is 0 Å². The van der Waals surface area contributed by atoms with Crippen LogP contribution in [0.2, 0.25) is 0 Å². The second-order valence-electron chi connectivity index (χ2n) is 6.79. The number of anilines is 2. The molecule has 0 bridgehead atoms. The third kappa shape index (κ3) is 3.37. The van der Waals surface area contributed by atoms with Crippen LogP contribution in [0, 0.1) is 6.92 Å². The summed E-state index contributed by atoms with van der Waals surface area (Å²) in [5.41, 5.74) is 2.75. The van der Waals surface area contributed by atoms with Gasteiger partial charge < -0.3 is 20.1 Å². The minimum Gasteiger partial charge on any atom is -0.352 e. The summed E-state index contributed by atoms with van der Waals surface area (Å²) in [7, 11) is 0. The molecule has 4 rings (SSSR count). The van der Waals surface area contributed by atoms with Crippen molar-refractivity contribution in [2.75, 3.05) is 29.9 Å². The molecule has 1 saturated heterocycles. The number of aromatic nitrogens is 3. The van der Waals surface area contributed by atoms with E-state index in [2.05, 4.69) is 54.9 Å². The number of nitrogens with zero attached hydrogens (tertiary/aromatic N) is 4. The summed E-state index contributed by atoms with van der Waals surface area (Å²) in [6, 6.07) is 7.60. The fraction of sp³-hybridized carbons (Fsp3) is 0.316. The maximum absolute atomic E-state index is 12.7. The van der Waals surface area contributed by atoms with Crippen LogP contribution in [-0.2, 0) is 0 Å². The summed E-state index contributed by atoms with van der Waals surface area (Å²) in [4.78, 5) is 28.9. The fourth-order valence-corrected chi connectivity index (χ4v) is 3.92. The van der Waals surface area contributed by atoms with Crippen molar-refractivity contribution < 1.29 is 4.79 Å². The van der Waals surface area contributed by atoms with Crippen LogP contribution in [0.3, 0.4) is 0 Å². The summed E-state index contributed by atoms with van der Waals surface area (Å²) < 4.78 is 0.871. The molecule has 27 heavy (non-hydrogen) atoms. The molecule has 3 heterocycles. The van der Waals surface area contributed by atoms with Crippen molar-refractivity contribution >= 4 is 44.5 Å². The van der Waals surface area contributed by atoms with Crippen molar-refractivity contribution in [2.24, 2.45) is 0 Å². The lowest BCUT2D eigenvalue weighted by Crippen LogP contribution is -2.55. The van der Waals surface area contributed by atoms with Gasteiger partial charge in [-0.05, 0) is 47.5 Å². The van der Waals surface area contributed by atoms with Gasteiger partial charge in [0.2, 0.25) is 0 Å². The number of aryl methyl sites for hydroxylation is 1. The van der Waals surface area contributed by atoms with Gasteiger partial charge in [0.1, 0.15) is 17.8 Å². The zero-order chi connectivity index (χ0) is 19.0. The van der Waals surface area contributed by atoms with Crippen molar-refractivity contribution in [3.63, 3.8) is 0 Å². The van der Waals surface area contributed by atoms with Gasteiger partial charge in [0.15, 0.2) is 0 Å². The number of fused-ring (bicyclic) bond motifs is 1. The Bertz CT molecular complexity index is 987. The van der Waals surface area contributed by atoms with Crippen LogP contribution >= 0.6 is 15.9 Å². The van der Waals surface area contributed by atoms with E-state index in [9.17, 15) is 4.79 Å². The number of nitrogens with one attached hydrogen (secondary N) is 2. The van der Waals surface area contributed by atoms with E-state index in [0.29, 0.717) is 6.54 Å². The molecular weight excluding hydrogens is 408 g/mol. The standard InChI is InChI=1S/C19H21BrN6O/c1-12-9-21-17-16(12)18(23-11-22-17)25-7-8-26(13(2)10-25)19(27)24-15-6-4-3-5-14(15)20/h3-6,9,11,13H,7-8,10H2,1-2H3,(H,24,27)(H,21,22,23)/t13-/m0/s1. The molecule has 1 aromatic carbocycles. The highest BCUT2D eigenvalue weighted by atomic mass is 79.9. The predicted octanol–water partition coefficient (Wildman–Crippen LogP) is 3.77. The van der Waals surface area contributed by atoms with Crippen molar-refractivity contribution in [1.29, 1.82) is 0 Å². The third-order valence-corrected chi connectivity index (χ3v) is 5.64. The number of H-pyrrole nitrogens is 1. The first-order chi connectivity index (χ1) is 13.0. The number of carbonyl (C=O) groups is 1. The summed E-state index contributed by atoms with van der Waals surface area (Å²) >= 11 is 3.47. The maximum Gasteiger partial charge on any atom is 0.322 e. The fourth-order valence-electron chi connectivity index (χ4n) is 3.54. The molecule has 1 atom stereocenters. The Kier molecular flexibility index (Phi) is 4.73. The normalized spacial score (nSPS) is 17.4. The number of benzene rings is 1. The molecule has 2 aromatic heterocycles. The van der Waals surface area contributed by atoms with Crippen LogP contribution in [0.25, 0.3) is 11.0 Å². The van der Waals surface area contributed by atoms with E-state index in [1.165, 1.54) is 0 Å². The van der Waals surface area contributed by atoms with Crippen molar-refractivity contribution in [3.8, 4) is 0 Å². The molecule has 2 amide bonds. The van der Waals surface area contributed by atoms with Crippen molar-refractivity contribution in [2.45, 2.75) is 19.9 Å². The highest BCUT2D eigenvalue weighted by molar-refractivity contribution is 9.10. The molecule has 1 aliphatic heterocycles. The predicted molar refractivity (Wildman–Crippen MR) is 110 cm³/mol. The molecule has 0 radical (unpaired) electrons. The van der Waals surface area contributed by atoms with E-state index in [-0.39, 0.29) is 12.1 Å². The second-order valence-corrected chi connectivity index (χ2v) is 7.65. The number of aromatic amines is 1. The largest absolute Gasteiger partial charge is 0.352 e. The molecule has 7 nitrogen and oxygen atoms in total. The molecule has 1 fully saturated rings. The Labute approximate surface area is 165 Å². The van der Waals surface area contributed by atoms with Crippen molar-refractivity contribution in [3.05, 3.63) is 46.8 Å². The summed E-state index contributed by atoms with van der Waals surface area (Å²) in [5.74, 6) is 0.927. The third-order valence-electron chi connectivity index (χ3n) is 4.95. The topological polar surface area (TPSA) is 77.2 Å². The van der Waals surface area contributed by atoms with E-state index >= 15 is 0 Å². The Balaban J connectivity index is 1.50. The van der Waals surface area contributed by atoms with E-state index in [1.807, 2.05) is 35.4 Å². The smallest absolute Gasteiger partial charge is 0.322 e. The molecule has 140 valence electrons. The lowest BCUT2D eigenvalue weighted by Gasteiger charge is -2.40. The summed E-state index contributed by atoms with van der Waals surface area (Å²) in [6.45, 7) is 6.20. The Morgan fingerprint density at radius 2 is 2.11 bits per heavy atom. The Morgan fingerprint density at radius 3 is 2.89 bits per heavy atom. The molecule has 0 saturated carbocycles. The number of urea groups is 1. The van der Waals surface area contributed by atoms with Gasteiger partial charge in [0.25, 0.3) is 0 Å². The molecule has 8 heteroatoms. The highest BCUT2D eigenvalue weighted by Gasteiger charge is 2.29. The van der Waals surface area contributed by atoms with Crippen LogP contribution in [0.15, 0.2) is 41.3 Å². The number of halogens is 1. The molecule has 2 N–H and O–H groups in total. The van der Waals surface area contributed by atoms with Crippen molar-refractivity contribution in [1.82, 2.24) is 19.9 Å². The van der Waals surface area contributed by atoms with Gasteiger partial charge in [0.05, 0.1) is 11.1 Å². The average molecular weight is 429 g/mol. The molecule has 0 spiro atoms. The number of carbonyl (C=O) groups excluding carboxylic acids is 1.